The summed E-state index contributed by atoms with van der Waals surface area (Å²) in [5.74, 6) is 0.106. The van der Waals surface area contributed by atoms with Gasteiger partial charge in [0, 0.05) is 6.54 Å². The molecule has 1 aromatic carbocycles. The quantitative estimate of drug-likeness (QED) is 0.726. The normalized spacial score (nSPS) is 19.9. The molecular formula is C15H20N4O4S2. The molecule has 0 aliphatic carbocycles. The highest BCUT2D eigenvalue weighted by Crippen LogP contribution is 2.18. The molecule has 8 nitrogen and oxygen atoms in total. The summed E-state index contributed by atoms with van der Waals surface area (Å²) in [6, 6.07) is 9.92. The van der Waals surface area contributed by atoms with Crippen molar-refractivity contribution in [3.05, 3.63) is 48.0 Å². The van der Waals surface area contributed by atoms with E-state index in [2.05, 4.69) is 14.9 Å². The largest absolute Gasteiger partial charge is 0.316 e. The molecule has 1 saturated heterocycles. The topological polar surface area (TPSA) is 111 Å². The Morgan fingerprint density at radius 3 is 2.68 bits per heavy atom. The van der Waals surface area contributed by atoms with Crippen molar-refractivity contribution in [2.75, 3.05) is 11.5 Å². The third-order valence-electron chi connectivity index (χ3n) is 4.24. The zero-order chi connectivity index (χ0) is 17.9. The summed E-state index contributed by atoms with van der Waals surface area (Å²) >= 11 is 0. The second-order valence-electron chi connectivity index (χ2n) is 6.07. The number of nitrogens with one attached hydrogen (secondary N) is 1. The summed E-state index contributed by atoms with van der Waals surface area (Å²) in [6.07, 6.45) is 2.48. The fourth-order valence-electron chi connectivity index (χ4n) is 2.79. The van der Waals surface area contributed by atoms with Gasteiger partial charge in [-0.2, -0.15) is 0 Å². The Morgan fingerprint density at radius 1 is 1.24 bits per heavy atom. The highest BCUT2D eigenvalue weighted by Gasteiger charge is 2.37. The van der Waals surface area contributed by atoms with E-state index in [-0.39, 0.29) is 24.5 Å². The van der Waals surface area contributed by atoms with Crippen LogP contribution in [-0.2, 0) is 39.4 Å². The molecule has 0 amide bonds. The maximum Gasteiger partial charge on any atom is 0.215 e. The number of rotatable bonds is 7. The van der Waals surface area contributed by atoms with Crippen LogP contribution in [0.25, 0.3) is 0 Å². The minimum absolute atomic E-state index is 0.00628. The molecule has 1 aliphatic heterocycles. The van der Waals surface area contributed by atoms with E-state index in [1.54, 1.807) is 10.9 Å². The van der Waals surface area contributed by atoms with E-state index in [0.717, 1.165) is 6.42 Å². The van der Waals surface area contributed by atoms with Crippen LogP contribution in [0, 0.1) is 0 Å². The lowest BCUT2D eigenvalue weighted by molar-refractivity contribution is 0.560. The van der Waals surface area contributed by atoms with Crippen LogP contribution in [-0.4, -0.2) is 48.4 Å². The molecule has 0 saturated carbocycles. The number of aromatic nitrogens is 3. The number of sulfonamides is 1. The van der Waals surface area contributed by atoms with Crippen LogP contribution in [0.4, 0.5) is 0 Å². The van der Waals surface area contributed by atoms with Gasteiger partial charge in [0.25, 0.3) is 0 Å². The average Bonchev–Trinajstić information content (AvgIpc) is 3.18. The highest BCUT2D eigenvalue weighted by atomic mass is 32.2. The molecular weight excluding hydrogens is 364 g/mol. The van der Waals surface area contributed by atoms with Gasteiger partial charge < -0.3 is 4.57 Å². The fraction of sp³-hybridized carbons (Fsp3) is 0.467. The molecule has 136 valence electrons. The first-order chi connectivity index (χ1) is 11.9. The second kappa shape index (κ2) is 7.22. The van der Waals surface area contributed by atoms with Crippen molar-refractivity contribution in [1.82, 2.24) is 19.5 Å². The lowest BCUT2D eigenvalue weighted by Crippen LogP contribution is -2.35. The van der Waals surface area contributed by atoms with Gasteiger partial charge in [0.15, 0.2) is 9.84 Å². The number of benzene rings is 1. The van der Waals surface area contributed by atoms with Gasteiger partial charge in [-0.1, -0.05) is 30.3 Å². The Balaban J connectivity index is 1.60. The predicted molar refractivity (Wildman–Crippen MR) is 93.0 cm³/mol. The number of hydrogen-bond acceptors (Lipinski definition) is 6. The minimum Gasteiger partial charge on any atom is -0.316 e. The Morgan fingerprint density at radius 2 is 2.00 bits per heavy atom. The van der Waals surface area contributed by atoms with E-state index in [0.29, 0.717) is 12.4 Å². The van der Waals surface area contributed by atoms with Crippen LogP contribution in [0.15, 0.2) is 36.7 Å². The molecule has 0 radical (unpaired) electrons. The summed E-state index contributed by atoms with van der Waals surface area (Å²) in [5, 5.41) is 6.90. The molecule has 3 rings (SSSR count). The number of hydrogen-bond donors (Lipinski definition) is 1. The van der Waals surface area contributed by atoms with Crippen molar-refractivity contribution >= 4 is 19.9 Å². The van der Waals surface area contributed by atoms with Crippen LogP contribution < -0.4 is 4.72 Å². The van der Waals surface area contributed by atoms with E-state index >= 15 is 0 Å². The molecule has 10 heteroatoms. The maximum absolute atomic E-state index is 12.3. The van der Waals surface area contributed by atoms with Crippen molar-refractivity contribution in [2.24, 2.45) is 0 Å². The Kier molecular flexibility index (Phi) is 5.21. The Labute approximate surface area is 147 Å². The van der Waals surface area contributed by atoms with Crippen LogP contribution >= 0.6 is 0 Å². The third-order valence-corrected chi connectivity index (χ3v) is 8.05. The highest BCUT2D eigenvalue weighted by molar-refractivity contribution is 7.95. The molecule has 25 heavy (non-hydrogen) atoms. The van der Waals surface area contributed by atoms with E-state index in [9.17, 15) is 16.8 Å². The van der Waals surface area contributed by atoms with Crippen molar-refractivity contribution < 1.29 is 16.8 Å². The van der Waals surface area contributed by atoms with Gasteiger partial charge in [-0.15, -0.1) is 10.2 Å². The minimum atomic E-state index is -3.70. The second-order valence-corrected chi connectivity index (χ2v) is 10.3. The molecule has 1 atom stereocenters. The van der Waals surface area contributed by atoms with E-state index in [1.807, 2.05) is 30.3 Å². The molecule has 2 heterocycles. The van der Waals surface area contributed by atoms with Crippen molar-refractivity contribution in [3.8, 4) is 0 Å². The van der Waals surface area contributed by atoms with Crippen LogP contribution in [0.2, 0.25) is 0 Å². The summed E-state index contributed by atoms with van der Waals surface area (Å²) in [4.78, 5) is 0. The molecule has 1 fully saturated rings. The SMILES string of the molecule is O=S1(=O)CCC(S(=O)(=O)NCc2nncn2CCc2ccccc2)C1. The molecule has 1 unspecified atom stereocenters. The summed E-state index contributed by atoms with van der Waals surface area (Å²) in [7, 11) is -6.95. The molecule has 0 bridgehead atoms. The first-order valence-corrected chi connectivity index (χ1v) is 11.3. The van der Waals surface area contributed by atoms with E-state index in [4.69, 9.17) is 0 Å². The van der Waals surface area contributed by atoms with Gasteiger partial charge in [-0.05, 0) is 18.4 Å². The van der Waals surface area contributed by atoms with Gasteiger partial charge in [-0.3, -0.25) is 0 Å². The van der Waals surface area contributed by atoms with Crippen molar-refractivity contribution in [1.29, 1.82) is 0 Å². The van der Waals surface area contributed by atoms with E-state index in [1.165, 1.54) is 5.56 Å². The van der Waals surface area contributed by atoms with Crippen molar-refractivity contribution in [2.45, 2.75) is 31.2 Å². The predicted octanol–water partition coefficient (Wildman–Crippen LogP) is 0.127. The van der Waals surface area contributed by atoms with E-state index < -0.39 is 25.1 Å². The molecule has 1 aliphatic rings. The van der Waals surface area contributed by atoms with Gasteiger partial charge in [0.2, 0.25) is 10.0 Å². The zero-order valence-corrected chi connectivity index (χ0v) is 15.2. The van der Waals surface area contributed by atoms with Gasteiger partial charge in [-0.25, -0.2) is 21.6 Å². The monoisotopic (exact) mass is 384 g/mol. The lowest BCUT2D eigenvalue weighted by atomic mass is 10.1. The first-order valence-electron chi connectivity index (χ1n) is 7.95. The van der Waals surface area contributed by atoms with Gasteiger partial charge in [0.1, 0.15) is 12.2 Å². The van der Waals surface area contributed by atoms with Crippen molar-refractivity contribution in [3.63, 3.8) is 0 Å². The van der Waals surface area contributed by atoms with Crippen LogP contribution in [0.1, 0.15) is 17.8 Å². The lowest BCUT2D eigenvalue weighted by Gasteiger charge is -2.12. The summed E-state index contributed by atoms with van der Waals surface area (Å²) in [6.45, 7) is 0.625. The number of aryl methyl sites for hydroxylation is 2. The Bertz CT molecular complexity index is 923. The zero-order valence-electron chi connectivity index (χ0n) is 13.6. The number of nitrogens with zero attached hydrogens (tertiary/aromatic N) is 3. The first kappa shape index (κ1) is 18.0. The molecule has 2 aromatic rings. The fourth-order valence-corrected chi connectivity index (χ4v) is 6.81. The van der Waals surface area contributed by atoms with Gasteiger partial charge in [0.05, 0.1) is 23.3 Å². The van der Waals surface area contributed by atoms with Gasteiger partial charge >= 0.3 is 0 Å². The third kappa shape index (κ3) is 4.65. The molecule has 1 N–H and O–H groups in total. The Hall–Kier alpha value is -1.78. The molecule has 1 aromatic heterocycles. The maximum atomic E-state index is 12.3. The smallest absolute Gasteiger partial charge is 0.215 e. The van der Waals surface area contributed by atoms with Crippen LogP contribution in [0.3, 0.4) is 0 Å². The summed E-state index contributed by atoms with van der Waals surface area (Å²) in [5.41, 5.74) is 1.17. The summed E-state index contributed by atoms with van der Waals surface area (Å²) < 4.78 is 51.8. The standard InChI is InChI=1S/C15H20N4O4S2/c20-24(21)9-7-14(11-24)25(22,23)17-10-15-18-16-12-19(15)8-6-13-4-2-1-3-5-13/h1-5,12,14,17H,6-11H2. The number of sulfone groups is 1. The van der Waals surface area contributed by atoms with Crippen LogP contribution in [0.5, 0.6) is 0 Å². The average molecular weight is 384 g/mol. The molecule has 0 spiro atoms.